The molecule has 7 heteroatoms. The highest BCUT2D eigenvalue weighted by Gasteiger charge is 2.28. The molecule has 102 valence electrons. The number of nitrogens with two attached hydrogens (primary N) is 1. The maximum Gasteiger partial charge on any atom is 0.311 e. The van der Waals surface area contributed by atoms with Gasteiger partial charge in [0.25, 0.3) is 0 Å². The van der Waals surface area contributed by atoms with E-state index in [0.717, 1.165) is 0 Å². The van der Waals surface area contributed by atoms with Gasteiger partial charge in [-0.05, 0) is 5.92 Å². The second-order valence-electron chi connectivity index (χ2n) is 4.64. The van der Waals surface area contributed by atoms with E-state index >= 15 is 0 Å². The number of rotatable bonds is 3. The van der Waals surface area contributed by atoms with Gasteiger partial charge in [-0.3, -0.25) is 14.4 Å². The molecule has 0 spiro atoms. The number of nitrogens with one attached hydrogen (secondary N) is 2. The Morgan fingerprint density at radius 3 is 2.22 bits per heavy atom. The number of amides is 3. The smallest absolute Gasteiger partial charge is 0.311 e. The van der Waals surface area contributed by atoms with E-state index in [4.69, 9.17) is 5.73 Å². The SMILES string of the molecule is CC(C)C(NC(=O)C(=O)N1CCNCC1)C(N)=O. The highest BCUT2D eigenvalue weighted by molar-refractivity contribution is 6.35. The van der Waals surface area contributed by atoms with Crippen LogP contribution in [0.5, 0.6) is 0 Å². The van der Waals surface area contributed by atoms with Crippen LogP contribution in [0.15, 0.2) is 0 Å². The molecule has 1 saturated heterocycles. The van der Waals surface area contributed by atoms with E-state index < -0.39 is 23.8 Å². The number of hydrogen-bond donors (Lipinski definition) is 3. The van der Waals surface area contributed by atoms with Gasteiger partial charge >= 0.3 is 11.8 Å². The second-order valence-corrected chi connectivity index (χ2v) is 4.64. The van der Waals surface area contributed by atoms with E-state index in [2.05, 4.69) is 10.6 Å². The van der Waals surface area contributed by atoms with Crippen LogP contribution in [0.4, 0.5) is 0 Å². The minimum Gasteiger partial charge on any atom is -0.368 e. The molecule has 3 amide bonds. The van der Waals surface area contributed by atoms with E-state index in [1.807, 2.05) is 0 Å². The largest absolute Gasteiger partial charge is 0.368 e. The molecule has 0 aromatic rings. The van der Waals surface area contributed by atoms with Crippen molar-refractivity contribution in [1.29, 1.82) is 0 Å². The third kappa shape index (κ3) is 3.69. The number of carbonyl (C=O) groups is 3. The topological polar surface area (TPSA) is 105 Å². The lowest BCUT2D eigenvalue weighted by molar-refractivity contribution is -0.147. The maximum atomic E-state index is 11.8. The summed E-state index contributed by atoms with van der Waals surface area (Å²) in [6.45, 7) is 5.84. The lowest BCUT2D eigenvalue weighted by Gasteiger charge is -2.27. The number of hydrogen-bond acceptors (Lipinski definition) is 4. The quantitative estimate of drug-likeness (QED) is 0.510. The zero-order chi connectivity index (χ0) is 13.7. The van der Waals surface area contributed by atoms with Gasteiger partial charge in [0.15, 0.2) is 0 Å². The molecular weight excluding hydrogens is 236 g/mol. The Morgan fingerprint density at radius 2 is 1.78 bits per heavy atom. The van der Waals surface area contributed by atoms with Crippen molar-refractivity contribution in [2.24, 2.45) is 11.7 Å². The molecule has 0 aliphatic carbocycles. The first-order valence-corrected chi connectivity index (χ1v) is 6.03. The predicted molar refractivity (Wildman–Crippen MR) is 65.4 cm³/mol. The van der Waals surface area contributed by atoms with Gasteiger partial charge in [-0.25, -0.2) is 0 Å². The predicted octanol–water partition coefficient (Wildman–Crippen LogP) is -1.96. The Hall–Kier alpha value is -1.63. The summed E-state index contributed by atoms with van der Waals surface area (Å²) in [6, 6.07) is -0.815. The van der Waals surface area contributed by atoms with E-state index in [-0.39, 0.29) is 5.92 Å². The van der Waals surface area contributed by atoms with Crippen LogP contribution in [-0.4, -0.2) is 54.8 Å². The van der Waals surface area contributed by atoms with E-state index in [9.17, 15) is 14.4 Å². The van der Waals surface area contributed by atoms with Crippen LogP contribution >= 0.6 is 0 Å². The first-order valence-electron chi connectivity index (χ1n) is 6.03. The summed E-state index contributed by atoms with van der Waals surface area (Å²) >= 11 is 0. The van der Waals surface area contributed by atoms with Crippen LogP contribution in [0, 0.1) is 5.92 Å². The molecule has 18 heavy (non-hydrogen) atoms. The van der Waals surface area contributed by atoms with Crippen molar-refractivity contribution in [3.05, 3.63) is 0 Å². The molecule has 4 N–H and O–H groups in total. The summed E-state index contributed by atoms with van der Waals surface area (Å²) in [7, 11) is 0. The zero-order valence-electron chi connectivity index (χ0n) is 10.7. The van der Waals surface area contributed by atoms with Gasteiger partial charge in [0.2, 0.25) is 5.91 Å². The number of carbonyl (C=O) groups excluding carboxylic acids is 3. The molecule has 0 radical (unpaired) electrons. The van der Waals surface area contributed by atoms with Gasteiger partial charge in [-0.1, -0.05) is 13.8 Å². The standard InChI is InChI=1S/C11H20N4O3/c1-7(2)8(9(12)16)14-10(17)11(18)15-5-3-13-4-6-15/h7-8,13H,3-6H2,1-2H3,(H2,12,16)(H,14,17). The molecule has 7 nitrogen and oxygen atoms in total. The van der Waals surface area contributed by atoms with Gasteiger partial charge < -0.3 is 21.3 Å². The molecule has 1 unspecified atom stereocenters. The fourth-order valence-electron chi connectivity index (χ4n) is 1.78. The first kappa shape index (κ1) is 14.4. The first-order chi connectivity index (χ1) is 8.43. The van der Waals surface area contributed by atoms with Crippen LogP contribution in [-0.2, 0) is 14.4 Å². The Kier molecular flexibility index (Phi) is 5.08. The zero-order valence-corrected chi connectivity index (χ0v) is 10.7. The summed E-state index contributed by atoms with van der Waals surface area (Å²) < 4.78 is 0. The Balaban J connectivity index is 2.57. The van der Waals surface area contributed by atoms with Crippen molar-refractivity contribution in [3.8, 4) is 0 Å². The van der Waals surface area contributed by atoms with Crippen molar-refractivity contribution >= 4 is 17.7 Å². The fourth-order valence-corrected chi connectivity index (χ4v) is 1.78. The summed E-state index contributed by atoms with van der Waals surface area (Å²) in [4.78, 5) is 36.2. The van der Waals surface area contributed by atoms with Crippen molar-refractivity contribution in [2.45, 2.75) is 19.9 Å². The third-order valence-corrected chi connectivity index (χ3v) is 2.86. The molecule has 0 bridgehead atoms. The lowest BCUT2D eigenvalue weighted by Crippen LogP contribution is -2.55. The van der Waals surface area contributed by atoms with E-state index in [1.165, 1.54) is 4.90 Å². The number of primary amides is 1. The van der Waals surface area contributed by atoms with Gasteiger partial charge in [0.1, 0.15) is 6.04 Å². The van der Waals surface area contributed by atoms with Crippen molar-refractivity contribution in [2.75, 3.05) is 26.2 Å². The monoisotopic (exact) mass is 256 g/mol. The number of nitrogens with zero attached hydrogens (tertiary/aromatic N) is 1. The Morgan fingerprint density at radius 1 is 1.22 bits per heavy atom. The van der Waals surface area contributed by atoms with Crippen LogP contribution < -0.4 is 16.4 Å². The van der Waals surface area contributed by atoms with Gasteiger partial charge in [-0.15, -0.1) is 0 Å². The lowest BCUT2D eigenvalue weighted by atomic mass is 10.0. The highest BCUT2D eigenvalue weighted by Crippen LogP contribution is 2.01. The van der Waals surface area contributed by atoms with E-state index in [1.54, 1.807) is 13.8 Å². The van der Waals surface area contributed by atoms with Crippen LogP contribution in [0.1, 0.15) is 13.8 Å². The molecule has 0 aromatic heterocycles. The average Bonchev–Trinajstić information content (AvgIpc) is 2.35. The molecule has 1 aliphatic heterocycles. The minimum absolute atomic E-state index is 0.151. The molecule has 1 heterocycles. The number of piperazine rings is 1. The van der Waals surface area contributed by atoms with Crippen LogP contribution in [0.25, 0.3) is 0 Å². The van der Waals surface area contributed by atoms with Gasteiger partial charge in [-0.2, -0.15) is 0 Å². The van der Waals surface area contributed by atoms with Gasteiger partial charge in [0, 0.05) is 26.2 Å². The molecule has 0 aromatic carbocycles. The summed E-state index contributed by atoms with van der Waals surface area (Å²) in [5.74, 6) is -2.16. The van der Waals surface area contributed by atoms with Gasteiger partial charge in [0.05, 0.1) is 0 Å². The molecule has 1 aliphatic rings. The van der Waals surface area contributed by atoms with E-state index in [0.29, 0.717) is 26.2 Å². The van der Waals surface area contributed by atoms with Crippen molar-refractivity contribution in [3.63, 3.8) is 0 Å². The maximum absolute atomic E-state index is 11.8. The third-order valence-electron chi connectivity index (χ3n) is 2.86. The average molecular weight is 256 g/mol. The molecule has 1 rings (SSSR count). The highest BCUT2D eigenvalue weighted by atomic mass is 16.2. The van der Waals surface area contributed by atoms with Crippen molar-refractivity contribution in [1.82, 2.24) is 15.5 Å². The fraction of sp³-hybridized carbons (Fsp3) is 0.727. The minimum atomic E-state index is -0.815. The molecule has 1 atom stereocenters. The summed E-state index contributed by atoms with van der Waals surface area (Å²) in [5.41, 5.74) is 5.18. The van der Waals surface area contributed by atoms with Crippen molar-refractivity contribution < 1.29 is 14.4 Å². The summed E-state index contributed by atoms with van der Waals surface area (Å²) in [6.07, 6.45) is 0. The summed E-state index contributed by atoms with van der Waals surface area (Å²) in [5, 5.41) is 5.47. The second kappa shape index (κ2) is 6.34. The van der Waals surface area contributed by atoms with Crippen LogP contribution in [0.2, 0.25) is 0 Å². The Bertz CT molecular complexity index is 337. The molecule has 0 saturated carbocycles. The normalized spacial score (nSPS) is 17.4. The molecular formula is C11H20N4O3. The molecule has 1 fully saturated rings. The Labute approximate surface area is 106 Å². The van der Waals surface area contributed by atoms with Crippen LogP contribution in [0.3, 0.4) is 0 Å².